The lowest BCUT2D eigenvalue weighted by atomic mass is 9.93. The predicted octanol–water partition coefficient (Wildman–Crippen LogP) is 2.55. The van der Waals surface area contributed by atoms with Crippen LogP contribution in [0.3, 0.4) is 0 Å². The third-order valence-corrected chi connectivity index (χ3v) is 3.50. The van der Waals surface area contributed by atoms with Crippen molar-refractivity contribution in [3.63, 3.8) is 0 Å². The molecule has 1 unspecified atom stereocenters. The van der Waals surface area contributed by atoms with Gasteiger partial charge in [0.25, 0.3) is 0 Å². The van der Waals surface area contributed by atoms with Crippen LogP contribution >= 0.6 is 0 Å². The van der Waals surface area contributed by atoms with Gasteiger partial charge in [0.15, 0.2) is 0 Å². The van der Waals surface area contributed by atoms with Crippen molar-refractivity contribution in [3.05, 3.63) is 17.5 Å². The molecule has 1 rings (SSSR count). The summed E-state index contributed by atoms with van der Waals surface area (Å²) in [5, 5.41) is 8.07. The maximum Gasteiger partial charge on any atom is 0.0782 e. The molecule has 1 atom stereocenters. The molecule has 4 nitrogen and oxygen atoms in total. The number of nitrogens with zero attached hydrogens (tertiary/aromatic N) is 2. The maximum atomic E-state index is 5.90. The van der Waals surface area contributed by atoms with Crippen LogP contribution in [0.5, 0.6) is 0 Å². The summed E-state index contributed by atoms with van der Waals surface area (Å²) < 4.78 is 7.99. The summed E-state index contributed by atoms with van der Waals surface area (Å²) in [5.74, 6) is 0. The SMILES string of the molecule is CCNC(Cc1cc(C)nn1CC)C(C)(C)OCC. The van der Waals surface area contributed by atoms with Crippen LogP contribution in [-0.2, 0) is 17.7 Å². The molecule has 0 radical (unpaired) electrons. The van der Waals surface area contributed by atoms with Crippen LogP contribution in [0.25, 0.3) is 0 Å². The van der Waals surface area contributed by atoms with E-state index in [2.05, 4.69) is 48.9 Å². The van der Waals surface area contributed by atoms with Crippen molar-refractivity contribution >= 4 is 0 Å². The fraction of sp³-hybridized carbons (Fsp3) is 0.800. The van der Waals surface area contributed by atoms with Crippen molar-refractivity contribution in [2.45, 2.75) is 66.2 Å². The molecule has 1 heterocycles. The first-order valence-electron chi connectivity index (χ1n) is 7.35. The number of nitrogens with one attached hydrogen (secondary N) is 1. The summed E-state index contributed by atoms with van der Waals surface area (Å²) in [7, 11) is 0. The Labute approximate surface area is 117 Å². The van der Waals surface area contributed by atoms with Gasteiger partial charge in [-0.2, -0.15) is 5.10 Å². The molecule has 110 valence electrons. The highest BCUT2D eigenvalue weighted by Gasteiger charge is 2.30. The Morgan fingerprint density at radius 1 is 1.37 bits per heavy atom. The van der Waals surface area contributed by atoms with Crippen LogP contribution in [0.15, 0.2) is 6.07 Å². The highest BCUT2D eigenvalue weighted by molar-refractivity contribution is 5.12. The predicted molar refractivity (Wildman–Crippen MR) is 79.5 cm³/mol. The van der Waals surface area contributed by atoms with Crippen LogP contribution < -0.4 is 5.32 Å². The molecule has 1 N–H and O–H groups in total. The maximum absolute atomic E-state index is 5.90. The van der Waals surface area contributed by atoms with Crippen LogP contribution in [0.2, 0.25) is 0 Å². The summed E-state index contributed by atoms with van der Waals surface area (Å²) >= 11 is 0. The second-order valence-electron chi connectivity index (χ2n) is 5.44. The van der Waals surface area contributed by atoms with E-state index in [9.17, 15) is 0 Å². The van der Waals surface area contributed by atoms with Gasteiger partial charge in [-0.3, -0.25) is 4.68 Å². The third-order valence-electron chi connectivity index (χ3n) is 3.50. The molecule has 0 saturated heterocycles. The van der Waals surface area contributed by atoms with Gasteiger partial charge < -0.3 is 10.1 Å². The van der Waals surface area contributed by atoms with Crippen LogP contribution in [-0.4, -0.2) is 34.6 Å². The molecule has 0 fully saturated rings. The summed E-state index contributed by atoms with van der Waals surface area (Å²) in [6, 6.07) is 2.47. The van der Waals surface area contributed by atoms with Crippen molar-refractivity contribution in [2.75, 3.05) is 13.2 Å². The van der Waals surface area contributed by atoms with Gasteiger partial charge in [-0.15, -0.1) is 0 Å². The number of hydrogen-bond acceptors (Lipinski definition) is 3. The highest BCUT2D eigenvalue weighted by Crippen LogP contribution is 2.19. The highest BCUT2D eigenvalue weighted by atomic mass is 16.5. The molecule has 0 bridgehead atoms. The molecule has 1 aromatic rings. The van der Waals surface area contributed by atoms with E-state index in [0.717, 1.165) is 31.8 Å². The average molecular weight is 267 g/mol. The van der Waals surface area contributed by atoms with Crippen LogP contribution in [0, 0.1) is 6.92 Å². The smallest absolute Gasteiger partial charge is 0.0782 e. The first kappa shape index (κ1) is 16.2. The first-order chi connectivity index (χ1) is 8.94. The molecule has 0 amide bonds. The Balaban J connectivity index is 2.88. The van der Waals surface area contributed by atoms with Gasteiger partial charge in [0.1, 0.15) is 0 Å². The topological polar surface area (TPSA) is 39.1 Å². The van der Waals surface area contributed by atoms with Crippen molar-refractivity contribution in [1.29, 1.82) is 0 Å². The summed E-state index contributed by atoms with van der Waals surface area (Å²) in [6.07, 6.45) is 0.940. The number of ether oxygens (including phenoxy) is 1. The zero-order valence-electron chi connectivity index (χ0n) is 13.3. The quantitative estimate of drug-likeness (QED) is 0.787. The van der Waals surface area contributed by atoms with E-state index in [1.165, 1.54) is 5.69 Å². The van der Waals surface area contributed by atoms with E-state index < -0.39 is 0 Å². The number of aromatic nitrogens is 2. The molecule has 1 aromatic heterocycles. The fourth-order valence-electron chi connectivity index (χ4n) is 2.53. The minimum absolute atomic E-state index is 0.179. The molecular weight excluding hydrogens is 238 g/mol. The number of hydrogen-bond donors (Lipinski definition) is 1. The van der Waals surface area contributed by atoms with Crippen molar-refractivity contribution < 1.29 is 4.74 Å². The molecule has 0 aromatic carbocycles. The zero-order chi connectivity index (χ0) is 14.5. The van der Waals surface area contributed by atoms with E-state index >= 15 is 0 Å². The van der Waals surface area contributed by atoms with E-state index in [4.69, 9.17) is 4.74 Å². The zero-order valence-corrected chi connectivity index (χ0v) is 13.3. The minimum Gasteiger partial charge on any atom is -0.374 e. The Bertz CT molecular complexity index is 385. The van der Waals surface area contributed by atoms with E-state index in [0.29, 0.717) is 6.04 Å². The molecule has 0 aliphatic rings. The summed E-state index contributed by atoms with van der Waals surface area (Å²) in [6.45, 7) is 15.3. The van der Waals surface area contributed by atoms with Crippen molar-refractivity contribution in [3.8, 4) is 0 Å². The molecule has 4 heteroatoms. The van der Waals surface area contributed by atoms with Crippen LogP contribution in [0.1, 0.15) is 46.0 Å². The number of likely N-dealkylation sites (N-methyl/N-ethyl adjacent to an activating group) is 1. The van der Waals surface area contributed by atoms with E-state index in [1.54, 1.807) is 0 Å². The summed E-state index contributed by atoms with van der Waals surface area (Å²) in [5.41, 5.74) is 2.18. The third kappa shape index (κ3) is 4.32. The van der Waals surface area contributed by atoms with Crippen LogP contribution in [0.4, 0.5) is 0 Å². The molecule has 0 aliphatic carbocycles. The number of rotatable bonds is 8. The molecule has 0 saturated carbocycles. The normalized spacial score (nSPS) is 13.8. The monoisotopic (exact) mass is 267 g/mol. The molecule has 0 spiro atoms. The van der Waals surface area contributed by atoms with Gasteiger partial charge in [0.05, 0.1) is 11.3 Å². The summed E-state index contributed by atoms with van der Waals surface area (Å²) in [4.78, 5) is 0. The lowest BCUT2D eigenvalue weighted by molar-refractivity contribution is -0.0380. The van der Waals surface area contributed by atoms with Gasteiger partial charge >= 0.3 is 0 Å². The molecule has 0 aliphatic heterocycles. The van der Waals surface area contributed by atoms with Gasteiger partial charge in [-0.1, -0.05) is 6.92 Å². The fourth-order valence-corrected chi connectivity index (χ4v) is 2.53. The second-order valence-corrected chi connectivity index (χ2v) is 5.44. The Morgan fingerprint density at radius 3 is 2.58 bits per heavy atom. The standard InChI is InChI=1S/C15H29N3O/c1-7-16-14(15(5,6)19-9-3)11-13-10-12(4)17-18(13)8-2/h10,14,16H,7-9,11H2,1-6H3. The van der Waals surface area contributed by atoms with Gasteiger partial charge in [-0.05, 0) is 47.2 Å². The lowest BCUT2D eigenvalue weighted by Gasteiger charge is -2.35. The van der Waals surface area contributed by atoms with E-state index in [1.807, 2.05) is 13.8 Å². The average Bonchev–Trinajstić information content (AvgIpc) is 2.69. The largest absolute Gasteiger partial charge is 0.374 e. The first-order valence-corrected chi connectivity index (χ1v) is 7.35. The second kappa shape index (κ2) is 7.06. The lowest BCUT2D eigenvalue weighted by Crippen LogP contribution is -2.50. The van der Waals surface area contributed by atoms with Gasteiger partial charge in [0.2, 0.25) is 0 Å². The van der Waals surface area contributed by atoms with Crippen molar-refractivity contribution in [2.24, 2.45) is 0 Å². The minimum atomic E-state index is -0.179. The Morgan fingerprint density at radius 2 is 2.05 bits per heavy atom. The van der Waals surface area contributed by atoms with Crippen molar-refractivity contribution in [1.82, 2.24) is 15.1 Å². The van der Waals surface area contributed by atoms with E-state index in [-0.39, 0.29) is 5.60 Å². The van der Waals surface area contributed by atoms with Gasteiger partial charge in [0, 0.05) is 31.3 Å². The van der Waals surface area contributed by atoms with Gasteiger partial charge in [-0.25, -0.2) is 0 Å². The Kier molecular flexibility index (Phi) is 6.01. The molecule has 19 heavy (non-hydrogen) atoms. The number of aryl methyl sites for hydroxylation is 2. The Hall–Kier alpha value is -0.870. The molecular formula is C15H29N3O.